The summed E-state index contributed by atoms with van der Waals surface area (Å²) in [7, 11) is 0. The van der Waals surface area contributed by atoms with Gasteiger partial charge in [-0.15, -0.1) is 0 Å². The van der Waals surface area contributed by atoms with Crippen molar-refractivity contribution in [3.05, 3.63) is 22.7 Å². The van der Waals surface area contributed by atoms with Crippen LogP contribution < -0.4 is 11.1 Å². The Morgan fingerprint density at radius 1 is 1.40 bits per heavy atom. The van der Waals surface area contributed by atoms with Crippen LogP contribution in [0.5, 0.6) is 0 Å². The molecule has 4 N–H and O–H groups in total. The van der Waals surface area contributed by atoms with Crippen LogP contribution >= 0.6 is 11.6 Å². The van der Waals surface area contributed by atoms with E-state index in [2.05, 4.69) is 10.2 Å². The first-order valence-electron chi connectivity index (χ1n) is 6.86. The highest BCUT2D eigenvalue weighted by Gasteiger charge is 2.15. The van der Waals surface area contributed by atoms with E-state index in [0.717, 1.165) is 13.0 Å². The van der Waals surface area contributed by atoms with Gasteiger partial charge in [0.05, 0.1) is 16.3 Å². The molecule has 1 aliphatic heterocycles. The summed E-state index contributed by atoms with van der Waals surface area (Å²) in [5, 5.41) is 12.7. The van der Waals surface area contributed by atoms with Gasteiger partial charge in [-0.3, -0.25) is 0 Å². The molecule has 1 saturated heterocycles. The average Bonchev–Trinajstić information content (AvgIpc) is 2.88. The molecule has 0 aliphatic carbocycles. The van der Waals surface area contributed by atoms with Crippen molar-refractivity contribution in [3.8, 4) is 0 Å². The maximum absolute atomic E-state index is 11.2. The van der Waals surface area contributed by atoms with E-state index in [4.69, 9.17) is 17.3 Å². The Balaban J connectivity index is 1.92. The van der Waals surface area contributed by atoms with Gasteiger partial charge < -0.3 is 21.1 Å². The van der Waals surface area contributed by atoms with Crippen LogP contribution in [-0.2, 0) is 0 Å². The van der Waals surface area contributed by atoms with Crippen molar-refractivity contribution in [2.45, 2.75) is 19.3 Å². The maximum Gasteiger partial charge on any atom is 0.337 e. The first-order chi connectivity index (χ1) is 9.58. The Kier molecular flexibility index (Phi) is 5.09. The second-order valence-corrected chi connectivity index (χ2v) is 5.47. The lowest BCUT2D eigenvalue weighted by Crippen LogP contribution is -2.22. The lowest BCUT2D eigenvalue weighted by molar-refractivity contribution is 0.0698. The second-order valence-electron chi connectivity index (χ2n) is 5.06. The number of nitrogens with one attached hydrogen (secondary N) is 1. The average molecular weight is 298 g/mol. The lowest BCUT2D eigenvalue weighted by Gasteiger charge is -2.16. The number of aromatic carboxylic acids is 1. The van der Waals surface area contributed by atoms with Crippen molar-refractivity contribution in [2.24, 2.45) is 0 Å². The quantitative estimate of drug-likeness (QED) is 0.555. The van der Waals surface area contributed by atoms with Gasteiger partial charge in [0.15, 0.2) is 0 Å². The molecule has 1 aromatic rings. The van der Waals surface area contributed by atoms with Crippen LogP contribution in [0.2, 0.25) is 5.02 Å². The van der Waals surface area contributed by atoms with Crippen LogP contribution in [0.4, 0.5) is 11.4 Å². The molecule has 6 heteroatoms. The topological polar surface area (TPSA) is 78.6 Å². The zero-order valence-corrected chi connectivity index (χ0v) is 12.1. The van der Waals surface area contributed by atoms with Gasteiger partial charge in [0.25, 0.3) is 0 Å². The predicted molar refractivity (Wildman–Crippen MR) is 81.6 cm³/mol. The molecule has 1 fully saturated rings. The van der Waals surface area contributed by atoms with Crippen molar-refractivity contribution in [2.75, 3.05) is 37.2 Å². The van der Waals surface area contributed by atoms with Crippen molar-refractivity contribution in [1.82, 2.24) is 4.90 Å². The molecule has 0 bridgehead atoms. The SMILES string of the molecule is Nc1cc(Cl)c(NCCCN2CCCC2)c(C(=O)O)c1. The number of anilines is 2. The number of hydrogen-bond acceptors (Lipinski definition) is 4. The van der Waals surface area contributed by atoms with Crippen LogP contribution in [0, 0.1) is 0 Å². The molecule has 0 aromatic heterocycles. The van der Waals surface area contributed by atoms with Crippen LogP contribution in [0.1, 0.15) is 29.6 Å². The van der Waals surface area contributed by atoms with Gasteiger partial charge in [0.1, 0.15) is 0 Å². The van der Waals surface area contributed by atoms with Gasteiger partial charge in [-0.2, -0.15) is 0 Å². The zero-order chi connectivity index (χ0) is 14.5. The summed E-state index contributed by atoms with van der Waals surface area (Å²) in [6.07, 6.45) is 3.51. The van der Waals surface area contributed by atoms with Crippen molar-refractivity contribution >= 4 is 28.9 Å². The second kappa shape index (κ2) is 6.81. The third-order valence-corrected chi connectivity index (χ3v) is 3.79. The number of likely N-dealkylation sites (tertiary alicyclic amines) is 1. The number of carbonyl (C=O) groups is 1. The van der Waals surface area contributed by atoms with E-state index in [1.807, 2.05) is 0 Å². The van der Waals surface area contributed by atoms with Crippen molar-refractivity contribution in [3.63, 3.8) is 0 Å². The number of carboxylic acid groups (broad SMARTS) is 1. The predicted octanol–water partition coefficient (Wildman–Crippen LogP) is 2.52. The number of nitrogens with zero attached hydrogens (tertiary/aromatic N) is 1. The molecule has 0 amide bonds. The third kappa shape index (κ3) is 3.77. The molecular weight excluding hydrogens is 278 g/mol. The molecule has 0 saturated carbocycles. The Hall–Kier alpha value is -1.46. The standard InChI is InChI=1S/C14H20ClN3O2/c15-12-9-10(16)8-11(14(19)20)13(12)17-4-3-7-18-5-1-2-6-18/h8-9,17H,1-7,16H2,(H,19,20). The number of halogens is 1. The molecule has 0 atom stereocenters. The summed E-state index contributed by atoms with van der Waals surface area (Å²) >= 11 is 6.07. The van der Waals surface area contributed by atoms with E-state index in [1.165, 1.54) is 32.0 Å². The van der Waals surface area contributed by atoms with Crippen LogP contribution in [-0.4, -0.2) is 42.2 Å². The summed E-state index contributed by atoms with van der Waals surface area (Å²) in [4.78, 5) is 13.6. The highest BCUT2D eigenvalue weighted by molar-refractivity contribution is 6.34. The normalized spacial score (nSPS) is 15.4. The third-order valence-electron chi connectivity index (χ3n) is 3.49. The minimum Gasteiger partial charge on any atom is -0.478 e. The van der Waals surface area contributed by atoms with Crippen molar-refractivity contribution < 1.29 is 9.90 Å². The molecule has 1 heterocycles. The van der Waals surface area contributed by atoms with Gasteiger partial charge in [-0.05, 0) is 51.0 Å². The molecule has 1 aromatic carbocycles. The number of nitrogens with two attached hydrogens (primary N) is 1. The smallest absolute Gasteiger partial charge is 0.337 e. The zero-order valence-electron chi connectivity index (χ0n) is 11.4. The molecule has 0 unspecified atom stereocenters. The Morgan fingerprint density at radius 2 is 2.10 bits per heavy atom. The minimum atomic E-state index is -1.03. The molecule has 20 heavy (non-hydrogen) atoms. The molecule has 110 valence electrons. The summed E-state index contributed by atoms with van der Waals surface area (Å²) in [6.45, 7) is 4.06. The highest BCUT2D eigenvalue weighted by Crippen LogP contribution is 2.29. The number of hydrogen-bond donors (Lipinski definition) is 3. The van der Waals surface area contributed by atoms with E-state index < -0.39 is 5.97 Å². The molecule has 0 spiro atoms. The van der Waals surface area contributed by atoms with E-state index in [-0.39, 0.29) is 5.56 Å². The first-order valence-corrected chi connectivity index (χ1v) is 7.24. The van der Waals surface area contributed by atoms with Gasteiger partial charge in [-0.25, -0.2) is 4.79 Å². The number of benzene rings is 1. The summed E-state index contributed by atoms with van der Waals surface area (Å²) < 4.78 is 0. The monoisotopic (exact) mass is 297 g/mol. The summed E-state index contributed by atoms with van der Waals surface area (Å²) in [5.41, 5.74) is 6.55. The van der Waals surface area contributed by atoms with E-state index >= 15 is 0 Å². The van der Waals surface area contributed by atoms with Crippen LogP contribution in [0.25, 0.3) is 0 Å². The number of rotatable bonds is 6. The minimum absolute atomic E-state index is 0.121. The van der Waals surface area contributed by atoms with Crippen molar-refractivity contribution in [1.29, 1.82) is 0 Å². The molecule has 0 radical (unpaired) electrons. The van der Waals surface area contributed by atoms with E-state index in [0.29, 0.717) is 22.9 Å². The van der Waals surface area contributed by atoms with E-state index in [9.17, 15) is 9.90 Å². The highest BCUT2D eigenvalue weighted by atomic mass is 35.5. The van der Waals surface area contributed by atoms with Gasteiger partial charge in [0, 0.05) is 12.2 Å². The number of carboxylic acids is 1. The number of nitrogen functional groups attached to an aromatic ring is 1. The van der Waals surface area contributed by atoms with Crippen LogP contribution in [0.15, 0.2) is 12.1 Å². The molecule has 2 rings (SSSR count). The fraction of sp³-hybridized carbons (Fsp3) is 0.500. The Labute approximate surface area is 123 Å². The van der Waals surface area contributed by atoms with Gasteiger partial charge >= 0.3 is 5.97 Å². The fourth-order valence-corrected chi connectivity index (χ4v) is 2.79. The Morgan fingerprint density at radius 3 is 2.75 bits per heavy atom. The largest absolute Gasteiger partial charge is 0.478 e. The van der Waals surface area contributed by atoms with Gasteiger partial charge in [0.2, 0.25) is 0 Å². The van der Waals surface area contributed by atoms with Gasteiger partial charge in [-0.1, -0.05) is 11.6 Å². The first kappa shape index (κ1) is 14.9. The molecular formula is C14H20ClN3O2. The summed E-state index contributed by atoms with van der Waals surface area (Å²) in [6, 6.07) is 2.99. The fourth-order valence-electron chi connectivity index (χ4n) is 2.50. The van der Waals surface area contributed by atoms with E-state index in [1.54, 1.807) is 6.07 Å². The molecule has 1 aliphatic rings. The summed E-state index contributed by atoms with van der Waals surface area (Å²) in [5.74, 6) is -1.03. The molecule has 5 nitrogen and oxygen atoms in total. The lowest BCUT2D eigenvalue weighted by atomic mass is 10.1. The maximum atomic E-state index is 11.2. The Bertz CT molecular complexity index is 488. The van der Waals surface area contributed by atoms with Crippen LogP contribution in [0.3, 0.4) is 0 Å².